The van der Waals surface area contributed by atoms with Crippen LogP contribution in [0, 0.1) is 5.92 Å². The quantitative estimate of drug-likeness (QED) is 0.779. The number of nitrogens with one attached hydrogen (secondary N) is 1. The summed E-state index contributed by atoms with van der Waals surface area (Å²) in [5.41, 5.74) is 5.68. The highest BCUT2D eigenvalue weighted by atomic mass is 35.5. The zero-order valence-corrected chi connectivity index (χ0v) is 12.3. The van der Waals surface area contributed by atoms with Crippen molar-refractivity contribution in [3.8, 4) is 0 Å². The summed E-state index contributed by atoms with van der Waals surface area (Å²) in [5.74, 6) is 0.784. The van der Waals surface area contributed by atoms with E-state index < -0.39 is 6.04 Å². The lowest BCUT2D eigenvalue weighted by Crippen LogP contribution is -2.48. The first-order chi connectivity index (χ1) is 8.17. The van der Waals surface area contributed by atoms with E-state index in [9.17, 15) is 4.79 Å². The molecule has 0 aromatic heterocycles. The van der Waals surface area contributed by atoms with Crippen LogP contribution in [-0.4, -0.2) is 31.7 Å². The molecule has 5 heteroatoms. The Hall–Kier alpha value is -0.320. The number of carbonyl (C=O) groups is 1. The van der Waals surface area contributed by atoms with Gasteiger partial charge < -0.3 is 15.8 Å². The summed E-state index contributed by atoms with van der Waals surface area (Å²) in [6.07, 6.45) is 7.24. The second-order valence-corrected chi connectivity index (χ2v) is 5.08. The zero-order valence-electron chi connectivity index (χ0n) is 11.5. The number of carbonyl (C=O) groups excluding carboxylic acids is 1. The van der Waals surface area contributed by atoms with Crippen molar-refractivity contribution in [2.75, 3.05) is 13.7 Å². The monoisotopic (exact) mass is 278 g/mol. The van der Waals surface area contributed by atoms with E-state index in [-0.39, 0.29) is 24.9 Å². The molecule has 1 fully saturated rings. The van der Waals surface area contributed by atoms with Gasteiger partial charge in [-0.3, -0.25) is 4.79 Å². The highest BCUT2D eigenvalue weighted by molar-refractivity contribution is 5.85. The predicted molar refractivity (Wildman–Crippen MR) is 75.9 cm³/mol. The molecule has 0 aromatic carbocycles. The van der Waals surface area contributed by atoms with Crippen molar-refractivity contribution >= 4 is 18.3 Å². The molecular weight excluding hydrogens is 252 g/mol. The molecule has 1 amide bonds. The molecule has 0 saturated heterocycles. The van der Waals surface area contributed by atoms with E-state index in [0.29, 0.717) is 6.04 Å². The summed E-state index contributed by atoms with van der Waals surface area (Å²) in [6, 6.07) is -0.216. The third-order valence-electron chi connectivity index (χ3n) is 3.57. The van der Waals surface area contributed by atoms with Crippen LogP contribution in [0.3, 0.4) is 0 Å². The fourth-order valence-corrected chi connectivity index (χ4v) is 2.57. The van der Waals surface area contributed by atoms with Gasteiger partial charge in [0.05, 0.1) is 6.61 Å². The highest BCUT2D eigenvalue weighted by Crippen LogP contribution is 2.27. The first-order valence-electron chi connectivity index (χ1n) is 6.72. The van der Waals surface area contributed by atoms with Crippen LogP contribution in [0.15, 0.2) is 0 Å². The lowest BCUT2D eigenvalue weighted by molar-refractivity contribution is -0.124. The van der Waals surface area contributed by atoms with Crippen molar-refractivity contribution in [3.63, 3.8) is 0 Å². The molecule has 3 N–H and O–H groups in total. The fourth-order valence-electron chi connectivity index (χ4n) is 2.57. The van der Waals surface area contributed by atoms with E-state index in [1.165, 1.54) is 25.7 Å². The second kappa shape index (κ2) is 9.59. The Bertz CT molecular complexity index is 231. The maximum atomic E-state index is 11.7. The van der Waals surface area contributed by atoms with Crippen molar-refractivity contribution in [1.82, 2.24) is 5.32 Å². The second-order valence-electron chi connectivity index (χ2n) is 5.08. The molecule has 1 rings (SSSR count). The van der Waals surface area contributed by atoms with E-state index in [0.717, 1.165) is 18.8 Å². The molecule has 0 aromatic rings. The Morgan fingerprint density at radius 1 is 1.39 bits per heavy atom. The van der Waals surface area contributed by atoms with Gasteiger partial charge in [-0.25, -0.2) is 0 Å². The van der Waals surface area contributed by atoms with Gasteiger partial charge in [-0.2, -0.15) is 0 Å². The number of methoxy groups -OCH3 is 1. The lowest BCUT2D eigenvalue weighted by Gasteiger charge is -2.29. The molecule has 0 radical (unpaired) electrons. The van der Waals surface area contributed by atoms with Gasteiger partial charge in [0.1, 0.15) is 6.04 Å². The van der Waals surface area contributed by atoms with Gasteiger partial charge in [-0.15, -0.1) is 12.4 Å². The molecule has 0 aliphatic heterocycles. The Kier molecular flexibility index (Phi) is 9.42. The van der Waals surface area contributed by atoms with Gasteiger partial charge in [-0.1, -0.05) is 19.8 Å². The summed E-state index contributed by atoms with van der Waals surface area (Å²) >= 11 is 0. The van der Waals surface area contributed by atoms with Crippen molar-refractivity contribution in [1.29, 1.82) is 0 Å². The molecule has 0 heterocycles. The van der Waals surface area contributed by atoms with E-state index in [2.05, 4.69) is 12.2 Å². The number of ether oxygens (including phenoxy) is 1. The van der Waals surface area contributed by atoms with Crippen molar-refractivity contribution in [2.45, 2.75) is 57.5 Å². The lowest BCUT2D eigenvalue weighted by atomic mass is 9.83. The molecule has 1 aliphatic carbocycles. The van der Waals surface area contributed by atoms with E-state index in [1.54, 1.807) is 7.11 Å². The molecule has 0 spiro atoms. The van der Waals surface area contributed by atoms with Crippen LogP contribution in [-0.2, 0) is 9.53 Å². The summed E-state index contributed by atoms with van der Waals surface area (Å²) in [5, 5.41) is 3.02. The van der Waals surface area contributed by atoms with Crippen LogP contribution < -0.4 is 11.1 Å². The third-order valence-corrected chi connectivity index (χ3v) is 3.57. The Balaban J connectivity index is 0.00000289. The van der Waals surface area contributed by atoms with E-state index in [1.807, 2.05) is 0 Å². The van der Waals surface area contributed by atoms with Crippen molar-refractivity contribution in [3.05, 3.63) is 0 Å². The predicted octanol–water partition coefficient (Wildman–Crippen LogP) is 1.86. The molecular formula is C13H27ClN2O2. The number of hydrogen-bond donors (Lipinski definition) is 2. The molecule has 4 nitrogen and oxygen atoms in total. The van der Waals surface area contributed by atoms with Crippen LogP contribution in [0.2, 0.25) is 0 Å². The maximum absolute atomic E-state index is 11.7. The highest BCUT2D eigenvalue weighted by Gasteiger charge is 2.23. The molecule has 1 aliphatic rings. The summed E-state index contributed by atoms with van der Waals surface area (Å²) < 4.78 is 4.88. The van der Waals surface area contributed by atoms with Gasteiger partial charge in [-0.05, 0) is 31.6 Å². The van der Waals surface area contributed by atoms with Crippen LogP contribution >= 0.6 is 12.4 Å². The molecule has 0 bridgehead atoms. The maximum Gasteiger partial charge on any atom is 0.239 e. The number of hydrogen-bond acceptors (Lipinski definition) is 3. The van der Waals surface area contributed by atoms with Gasteiger partial charge in [0.2, 0.25) is 5.91 Å². The van der Waals surface area contributed by atoms with Crippen molar-refractivity contribution < 1.29 is 9.53 Å². The largest absolute Gasteiger partial charge is 0.383 e. The minimum Gasteiger partial charge on any atom is -0.383 e. The summed E-state index contributed by atoms with van der Waals surface area (Å²) in [7, 11) is 1.56. The van der Waals surface area contributed by atoms with Crippen LogP contribution in [0.1, 0.15) is 45.4 Å². The molecule has 108 valence electrons. The smallest absolute Gasteiger partial charge is 0.239 e. The van der Waals surface area contributed by atoms with Crippen LogP contribution in [0.4, 0.5) is 0 Å². The van der Waals surface area contributed by atoms with Gasteiger partial charge in [0.15, 0.2) is 0 Å². The van der Waals surface area contributed by atoms with Gasteiger partial charge >= 0.3 is 0 Å². The standard InChI is InChI=1S/C13H26N2O2.ClH/c1-3-4-10-5-7-11(8-6-10)15-13(16)12(14)9-17-2;/h10-12H,3-9,14H2,1-2H3,(H,15,16);1H. The minimum atomic E-state index is -0.534. The minimum absolute atomic E-state index is 0. The fraction of sp³-hybridized carbons (Fsp3) is 0.923. The van der Waals surface area contributed by atoms with Crippen LogP contribution in [0.25, 0.3) is 0 Å². The van der Waals surface area contributed by atoms with E-state index in [4.69, 9.17) is 10.5 Å². The van der Waals surface area contributed by atoms with Crippen molar-refractivity contribution in [2.24, 2.45) is 11.7 Å². The average molecular weight is 279 g/mol. The topological polar surface area (TPSA) is 64.4 Å². The van der Waals surface area contributed by atoms with Gasteiger partial charge in [0, 0.05) is 13.2 Å². The Morgan fingerprint density at radius 2 is 2.00 bits per heavy atom. The zero-order chi connectivity index (χ0) is 12.7. The SMILES string of the molecule is CCCC1CCC(NC(=O)C(N)COC)CC1.Cl. The number of rotatable bonds is 6. The number of halogens is 1. The molecule has 1 atom stereocenters. The van der Waals surface area contributed by atoms with Gasteiger partial charge in [0.25, 0.3) is 0 Å². The Labute approximate surface area is 116 Å². The molecule has 1 unspecified atom stereocenters. The first kappa shape index (κ1) is 17.7. The molecule has 1 saturated carbocycles. The molecule has 18 heavy (non-hydrogen) atoms. The summed E-state index contributed by atoms with van der Waals surface area (Å²) in [4.78, 5) is 11.7. The number of amides is 1. The number of nitrogens with two attached hydrogens (primary N) is 1. The average Bonchev–Trinajstić information content (AvgIpc) is 2.32. The normalized spacial score (nSPS) is 25.1. The Morgan fingerprint density at radius 3 is 2.50 bits per heavy atom. The van der Waals surface area contributed by atoms with Crippen LogP contribution in [0.5, 0.6) is 0 Å². The van der Waals surface area contributed by atoms with E-state index >= 15 is 0 Å². The summed E-state index contributed by atoms with van der Waals surface area (Å²) in [6.45, 7) is 2.52. The third kappa shape index (κ3) is 6.03. The first-order valence-corrected chi connectivity index (χ1v) is 6.72.